The van der Waals surface area contributed by atoms with Crippen LogP contribution in [0.2, 0.25) is 0 Å². The first-order valence-electron chi connectivity index (χ1n) is 6.57. The molecule has 0 aromatic heterocycles. The predicted molar refractivity (Wildman–Crippen MR) is 72.1 cm³/mol. The number of hydrogen-bond donors (Lipinski definition) is 2. The molecule has 1 atom stereocenters. The third-order valence-corrected chi connectivity index (χ3v) is 5.33. The molecule has 1 aliphatic carbocycles. The first-order valence-corrected chi connectivity index (χ1v) is 6.57. The van der Waals surface area contributed by atoms with Gasteiger partial charge in [0.15, 0.2) is 5.41 Å². The van der Waals surface area contributed by atoms with Crippen molar-refractivity contribution in [2.75, 3.05) is 13.6 Å². The van der Waals surface area contributed by atoms with Crippen LogP contribution in [0.4, 0.5) is 0 Å². The Morgan fingerprint density at radius 3 is 1.70 bits per heavy atom. The molecule has 0 aromatic carbocycles. The van der Waals surface area contributed by atoms with E-state index >= 15 is 0 Å². The maximum absolute atomic E-state index is 12.6. The molecule has 114 valence electrons. The molecule has 1 aliphatic rings. The minimum absolute atomic E-state index is 0.00461. The number of nitrogens with zero attached hydrogens (tertiary/aromatic N) is 1. The summed E-state index contributed by atoms with van der Waals surface area (Å²) in [5, 5.41) is 18.5. The van der Waals surface area contributed by atoms with Crippen molar-refractivity contribution in [2.45, 2.75) is 34.6 Å². The van der Waals surface area contributed by atoms with Crippen LogP contribution in [0, 0.1) is 22.2 Å². The van der Waals surface area contributed by atoms with E-state index in [1.807, 2.05) is 0 Å². The molecule has 20 heavy (non-hydrogen) atoms. The largest absolute Gasteiger partial charge is 0.481 e. The van der Waals surface area contributed by atoms with E-state index in [1.54, 1.807) is 27.7 Å². The van der Waals surface area contributed by atoms with E-state index in [-0.39, 0.29) is 6.54 Å². The van der Waals surface area contributed by atoms with E-state index < -0.39 is 40.0 Å². The second kappa shape index (κ2) is 4.46. The van der Waals surface area contributed by atoms with Crippen molar-refractivity contribution in [3.05, 3.63) is 0 Å². The lowest BCUT2D eigenvalue weighted by atomic mass is 9.92. The highest BCUT2D eigenvalue weighted by atomic mass is 16.4. The molecule has 1 rings (SSSR count). The number of aliphatic carboxylic acids is 2. The average molecular weight is 285 g/mol. The zero-order chi connectivity index (χ0) is 16.1. The highest BCUT2D eigenvalue weighted by molar-refractivity contribution is 6.08. The van der Waals surface area contributed by atoms with Crippen LogP contribution in [0.1, 0.15) is 34.6 Å². The van der Waals surface area contributed by atoms with Gasteiger partial charge in [-0.3, -0.25) is 14.4 Å². The van der Waals surface area contributed by atoms with Gasteiger partial charge in [0, 0.05) is 13.6 Å². The van der Waals surface area contributed by atoms with Crippen molar-refractivity contribution >= 4 is 17.8 Å². The van der Waals surface area contributed by atoms with E-state index in [2.05, 4.69) is 0 Å². The average Bonchev–Trinajstić information content (AvgIpc) is 2.64. The highest BCUT2D eigenvalue weighted by Crippen LogP contribution is 2.78. The molecule has 0 aromatic rings. The Kier molecular flexibility index (Phi) is 3.67. The minimum atomic E-state index is -1.49. The molecule has 1 fully saturated rings. The summed E-state index contributed by atoms with van der Waals surface area (Å²) in [6.07, 6.45) is 0. The van der Waals surface area contributed by atoms with Crippen LogP contribution in [0.5, 0.6) is 0 Å². The Morgan fingerprint density at radius 2 is 1.45 bits per heavy atom. The Labute approximate surface area is 118 Å². The van der Waals surface area contributed by atoms with Crippen LogP contribution in [0.3, 0.4) is 0 Å². The van der Waals surface area contributed by atoms with Gasteiger partial charge in [0.25, 0.3) is 0 Å². The fourth-order valence-electron chi connectivity index (χ4n) is 3.33. The van der Waals surface area contributed by atoms with E-state index in [0.29, 0.717) is 0 Å². The minimum Gasteiger partial charge on any atom is -0.481 e. The number of carbonyl (C=O) groups is 3. The summed E-state index contributed by atoms with van der Waals surface area (Å²) in [5.41, 5.74) is -2.85. The third kappa shape index (κ3) is 1.73. The lowest BCUT2D eigenvalue weighted by Crippen LogP contribution is -2.45. The van der Waals surface area contributed by atoms with Crippen molar-refractivity contribution in [3.8, 4) is 0 Å². The summed E-state index contributed by atoms with van der Waals surface area (Å²) in [6.45, 7) is 8.51. The number of carboxylic acid groups (broad SMARTS) is 2. The Bertz CT molecular complexity index is 452. The molecule has 1 saturated carbocycles. The molecule has 0 aliphatic heterocycles. The molecule has 6 nitrogen and oxygen atoms in total. The molecule has 0 saturated heterocycles. The number of rotatable bonds is 5. The van der Waals surface area contributed by atoms with E-state index in [9.17, 15) is 19.5 Å². The van der Waals surface area contributed by atoms with Gasteiger partial charge >= 0.3 is 11.9 Å². The zero-order valence-electron chi connectivity index (χ0n) is 12.9. The molecule has 0 bridgehead atoms. The Morgan fingerprint density at radius 1 is 1.05 bits per heavy atom. The van der Waals surface area contributed by atoms with Crippen molar-refractivity contribution in [1.82, 2.24) is 4.90 Å². The van der Waals surface area contributed by atoms with Crippen LogP contribution in [-0.4, -0.2) is 46.6 Å². The van der Waals surface area contributed by atoms with Crippen LogP contribution < -0.4 is 0 Å². The van der Waals surface area contributed by atoms with Gasteiger partial charge < -0.3 is 15.1 Å². The quantitative estimate of drug-likeness (QED) is 0.742. The summed E-state index contributed by atoms with van der Waals surface area (Å²) in [4.78, 5) is 36.4. The second-order valence-corrected chi connectivity index (χ2v) is 6.73. The summed E-state index contributed by atoms with van der Waals surface area (Å²) in [5.74, 6) is -3.41. The van der Waals surface area contributed by atoms with Gasteiger partial charge in [-0.1, -0.05) is 34.6 Å². The highest BCUT2D eigenvalue weighted by Gasteiger charge is 2.86. The number of hydrogen-bond acceptors (Lipinski definition) is 3. The second-order valence-electron chi connectivity index (χ2n) is 6.73. The standard InChI is InChI=1S/C14H23NO5/c1-8(9(16)17)7-15(6)10(18)14(11(19)20)12(2,3)13(14,4)5/h8H,7H2,1-6H3,(H,16,17)(H,19,20)/t8-/m0/s1. The summed E-state index contributed by atoms with van der Waals surface area (Å²) in [6, 6.07) is 0. The SMILES string of the molecule is C[C@@H](CN(C)C(=O)C1(C(=O)O)C(C)(C)C1(C)C)C(=O)O. The van der Waals surface area contributed by atoms with Crippen LogP contribution >= 0.6 is 0 Å². The molecular weight excluding hydrogens is 262 g/mol. The summed E-state index contributed by atoms with van der Waals surface area (Å²) < 4.78 is 0. The molecule has 6 heteroatoms. The molecule has 1 amide bonds. The molecule has 2 N–H and O–H groups in total. The van der Waals surface area contributed by atoms with Gasteiger partial charge in [-0.2, -0.15) is 0 Å². The fraction of sp³-hybridized carbons (Fsp3) is 0.786. The lowest BCUT2D eigenvalue weighted by Gasteiger charge is -2.25. The maximum Gasteiger partial charge on any atom is 0.320 e. The monoisotopic (exact) mass is 285 g/mol. The molecule has 0 unspecified atom stereocenters. The first kappa shape index (κ1) is 16.5. The first-order chi connectivity index (χ1) is 8.85. The smallest absolute Gasteiger partial charge is 0.320 e. The van der Waals surface area contributed by atoms with E-state index in [4.69, 9.17) is 5.11 Å². The number of amides is 1. The van der Waals surface area contributed by atoms with Crippen LogP contribution in [-0.2, 0) is 14.4 Å². The maximum atomic E-state index is 12.6. The number of carboxylic acids is 2. The van der Waals surface area contributed by atoms with Gasteiger partial charge in [0.05, 0.1) is 5.92 Å². The zero-order valence-corrected chi connectivity index (χ0v) is 12.9. The van der Waals surface area contributed by atoms with E-state index in [0.717, 1.165) is 0 Å². The van der Waals surface area contributed by atoms with E-state index in [1.165, 1.54) is 18.9 Å². The molecule has 0 heterocycles. The Hall–Kier alpha value is -1.59. The lowest BCUT2D eigenvalue weighted by molar-refractivity contribution is -0.156. The summed E-state index contributed by atoms with van der Waals surface area (Å²) >= 11 is 0. The van der Waals surface area contributed by atoms with Crippen LogP contribution in [0.15, 0.2) is 0 Å². The topological polar surface area (TPSA) is 94.9 Å². The van der Waals surface area contributed by atoms with Gasteiger partial charge in [0.1, 0.15) is 0 Å². The van der Waals surface area contributed by atoms with Gasteiger partial charge in [-0.25, -0.2) is 0 Å². The molecule has 0 spiro atoms. The van der Waals surface area contributed by atoms with Crippen LogP contribution in [0.25, 0.3) is 0 Å². The predicted octanol–water partition coefficient (Wildman–Crippen LogP) is 1.30. The molecular formula is C14H23NO5. The number of carbonyl (C=O) groups excluding carboxylic acids is 1. The summed E-state index contributed by atoms with van der Waals surface area (Å²) in [7, 11) is 1.46. The van der Waals surface area contributed by atoms with Crippen molar-refractivity contribution in [3.63, 3.8) is 0 Å². The fourth-order valence-corrected chi connectivity index (χ4v) is 3.33. The Balaban J connectivity index is 3.07. The van der Waals surface area contributed by atoms with Gasteiger partial charge in [-0.15, -0.1) is 0 Å². The van der Waals surface area contributed by atoms with Gasteiger partial charge in [-0.05, 0) is 10.8 Å². The van der Waals surface area contributed by atoms with Crippen molar-refractivity contribution in [2.24, 2.45) is 22.2 Å². The molecule has 0 radical (unpaired) electrons. The third-order valence-electron chi connectivity index (χ3n) is 5.33. The normalized spacial score (nSPS) is 22.7. The van der Waals surface area contributed by atoms with Gasteiger partial charge in [0.2, 0.25) is 5.91 Å². The van der Waals surface area contributed by atoms with Crippen molar-refractivity contribution in [1.29, 1.82) is 0 Å². The van der Waals surface area contributed by atoms with Crippen molar-refractivity contribution < 1.29 is 24.6 Å².